The molecule has 1 saturated heterocycles. The molecule has 3 rings (SSSR count). The van der Waals surface area contributed by atoms with Gasteiger partial charge in [0.05, 0.1) is 19.3 Å². The number of rotatable bonds is 3. The zero-order chi connectivity index (χ0) is 15.0. The fourth-order valence-electron chi connectivity index (χ4n) is 2.90. The van der Waals surface area contributed by atoms with Gasteiger partial charge in [-0.1, -0.05) is 6.07 Å². The summed E-state index contributed by atoms with van der Waals surface area (Å²) in [7, 11) is 1.53. The summed E-state index contributed by atoms with van der Waals surface area (Å²) >= 11 is 0. The molecule has 0 spiro atoms. The van der Waals surface area contributed by atoms with E-state index in [2.05, 4.69) is 0 Å². The van der Waals surface area contributed by atoms with Crippen LogP contribution in [-0.4, -0.2) is 47.7 Å². The molecule has 0 radical (unpaired) electrons. The second-order valence-corrected chi connectivity index (χ2v) is 5.38. The molecule has 2 unspecified atom stereocenters. The Morgan fingerprint density at radius 2 is 2.10 bits per heavy atom. The first-order chi connectivity index (χ1) is 10.1. The zero-order valence-corrected chi connectivity index (χ0v) is 11.7. The largest absolute Gasteiger partial charge is 0.480 e. The van der Waals surface area contributed by atoms with Gasteiger partial charge in [0, 0.05) is 25.6 Å². The first-order valence-corrected chi connectivity index (χ1v) is 6.86. The van der Waals surface area contributed by atoms with E-state index in [-0.39, 0.29) is 12.0 Å². The molecule has 1 N–H and O–H groups in total. The van der Waals surface area contributed by atoms with Gasteiger partial charge in [-0.25, -0.2) is 4.79 Å². The lowest BCUT2D eigenvalue weighted by molar-refractivity contribution is -0.141. The van der Waals surface area contributed by atoms with Crippen molar-refractivity contribution in [2.24, 2.45) is 0 Å². The summed E-state index contributed by atoms with van der Waals surface area (Å²) in [6, 6.07) is 4.57. The van der Waals surface area contributed by atoms with Gasteiger partial charge in [-0.05, 0) is 23.3 Å². The molecule has 2 atom stereocenters. The number of carbonyl (C=O) groups is 2. The minimum atomic E-state index is -0.993. The third kappa shape index (κ3) is 2.52. The van der Waals surface area contributed by atoms with Crippen molar-refractivity contribution in [1.29, 1.82) is 0 Å². The van der Waals surface area contributed by atoms with Crippen LogP contribution in [0.2, 0.25) is 0 Å². The second-order valence-electron chi connectivity index (χ2n) is 5.38. The van der Waals surface area contributed by atoms with Gasteiger partial charge < -0.3 is 19.5 Å². The minimum absolute atomic E-state index is 0.229. The molecular formula is C15H17NO5. The number of methoxy groups -OCH3 is 1. The highest BCUT2D eigenvalue weighted by Crippen LogP contribution is 2.25. The molecule has 0 saturated carbocycles. The Hall–Kier alpha value is -1.92. The van der Waals surface area contributed by atoms with Crippen LogP contribution in [0.15, 0.2) is 18.2 Å². The summed E-state index contributed by atoms with van der Waals surface area (Å²) in [5.41, 5.74) is 2.58. The summed E-state index contributed by atoms with van der Waals surface area (Å²) < 4.78 is 10.5. The monoisotopic (exact) mass is 291 g/mol. The number of ether oxygens (including phenoxy) is 2. The number of carboxylic acids is 1. The molecule has 1 aromatic carbocycles. The molecular weight excluding hydrogens is 274 g/mol. The number of hydrogen-bond donors (Lipinski definition) is 1. The van der Waals surface area contributed by atoms with Crippen LogP contribution < -0.4 is 0 Å². The van der Waals surface area contributed by atoms with Crippen LogP contribution in [0.3, 0.4) is 0 Å². The van der Waals surface area contributed by atoms with E-state index in [1.54, 1.807) is 12.1 Å². The molecule has 6 heteroatoms. The number of benzene rings is 1. The predicted octanol–water partition coefficient (Wildman–Crippen LogP) is 1.03. The van der Waals surface area contributed by atoms with Crippen molar-refractivity contribution >= 4 is 11.9 Å². The van der Waals surface area contributed by atoms with Gasteiger partial charge in [0.15, 0.2) is 0 Å². The van der Waals surface area contributed by atoms with Crippen LogP contribution in [-0.2, 0) is 27.5 Å². The summed E-state index contributed by atoms with van der Waals surface area (Å²) in [5, 5.41) is 9.28. The van der Waals surface area contributed by atoms with Gasteiger partial charge in [-0.3, -0.25) is 4.79 Å². The number of hydrogen-bond acceptors (Lipinski definition) is 4. The first-order valence-electron chi connectivity index (χ1n) is 6.86. The average Bonchev–Trinajstić information content (AvgIpc) is 3.11. The van der Waals surface area contributed by atoms with Crippen molar-refractivity contribution in [1.82, 2.24) is 4.90 Å². The molecule has 1 amide bonds. The highest BCUT2D eigenvalue weighted by molar-refractivity contribution is 5.97. The van der Waals surface area contributed by atoms with Crippen molar-refractivity contribution in [3.63, 3.8) is 0 Å². The molecule has 0 aliphatic carbocycles. The van der Waals surface area contributed by atoms with Gasteiger partial charge >= 0.3 is 5.97 Å². The standard InChI is InChI=1S/C15H17NO5/c1-20-12-5-13(15(18)19)16(6-12)14(17)9-2-3-10-7-21-8-11(10)4-9/h2-4,12-13H,5-8H2,1H3,(H,18,19). The number of nitrogens with zero attached hydrogens (tertiary/aromatic N) is 1. The Balaban J connectivity index is 1.85. The van der Waals surface area contributed by atoms with Gasteiger partial charge in [-0.2, -0.15) is 0 Å². The van der Waals surface area contributed by atoms with Crippen molar-refractivity contribution in [3.05, 3.63) is 34.9 Å². The minimum Gasteiger partial charge on any atom is -0.480 e. The number of carboxylic acid groups (broad SMARTS) is 1. The lowest BCUT2D eigenvalue weighted by Crippen LogP contribution is -2.40. The van der Waals surface area contributed by atoms with E-state index in [1.807, 2.05) is 6.07 Å². The van der Waals surface area contributed by atoms with Gasteiger partial charge in [0.25, 0.3) is 5.91 Å². The Morgan fingerprint density at radius 1 is 1.33 bits per heavy atom. The Bertz CT molecular complexity index is 585. The summed E-state index contributed by atoms with van der Waals surface area (Å²) in [4.78, 5) is 25.3. The molecule has 112 valence electrons. The predicted molar refractivity (Wildman–Crippen MR) is 72.8 cm³/mol. The maximum absolute atomic E-state index is 12.6. The maximum atomic E-state index is 12.6. The van der Waals surface area contributed by atoms with Crippen LogP contribution in [0.1, 0.15) is 27.9 Å². The van der Waals surface area contributed by atoms with E-state index in [0.717, 1.165) is 11.1 Å². The fraction of sp³-hybridized carbons (Fsp3) is 0.467. The van der Waals surface area contributed by atoms with Crippen LogP contribution in [0, 0.1) is 0 Å². The van der Waals surface area contributed by atoms with Crippen LogP contribution in [0.4, 0.5) is 0 Å². The molecule has 21 heavy (non-hydrogen) atoms. The molecule has 0 bridgehead atoms. The summed E-state index contributed by atoms with van der Waals surface area (Å²) in [6.45, 7) is 1.37. The Kier molecular flexibility index (Phi) is 3.65. The third-order valence-corrected chi connectivity index (χ3v) is 4.11. The van der Waals surface area contributed by atoms with E-state index in [0.29, 0.717) is 31.7 Å². The van der Waals surface area contributed by atoms with Crippen LogP contribution in [0.5, 0.6) is 0 Å². The Labute approximate surface area is 122 Å². The van der Waals surface area contributed by atoms with Crippen molar-refractivity contribution in [3.8, 4) is 0 Å². The molecule has 6 nitrogen and oxygen atoms in total. The molecule has 1 aromatic rings. The number of fused-ring (bicyclic) bond motifs is 1. The topological polar surface area (TPSA) is 76.1 Å². The van der Waals surface area contributed by atoms with Crippen LogP contribution in [0.25, 0.3) is 0 Å². The fourth-order valence-corrected chi connectivity index (χ4v) is 2.90. The Morgan fingerprint density at radius 3 is 2.81 bits per heavy atom. The van der Waals surface area contributed by atoms with Crippen molar-refractivity contribution in [2.75, 3.05) is 13.7 Å². The van der Waals surface area contributed by atoms with E-state index < -0.39 is 12.0 Å². The van der Waals surface area contributed by atoms with E-state index >= 15 is 0 Å². The highest BCUT2D eigenvalue weighted by atomic mass is 16.5. The average molecular weight is 291 g/mol. The first kappa shape index (κ1) is 14.0. The van der Waals surface area contributed by atoms with Crippen LogP contribution >= 0.6 is 0 Å². The molecule has 2 aliphatic rings. The van der Waals surface area contributed by atoms with E-state index in [1.165, 1.54) is 12.0 Å². The smallest absolute Gasteiger partial charge is 0.326 e. The second kappa shape index (κ2) is 5.46. The summed E-state index contributed by atoms with van der Waals surface area (Å²) in [5.74, 6) is -1.26. The lowest BCUT2D eigenvalue weighted by atomic mass is 10.1. The SMILES string of the molecule is COC1CC(C(=O)O)N(C(=O)c2ccc3c(c2)COC3)C1. The number of likely N-dealkylation sites (tertiary alicyclic amines) is 1. The van der Waals surface area contributed by atoms with E-state index in [4.69, 9.17) is 9.47 Å². The maximum Gasteiger partial charge on any atom is 0.326 e. The van der Waals surface area contributed by atoms with Crippen molar-refractivity contribution in [2.45, 2.75) is 31.8 Å². The zero-order valence-electron chi connectivity index (χ0n) is 11.7. The normalized spacial score (nSPS) is 24.1. The van der Waals surface area contributed by atoms with E-state index in [9.17, 15) is 14.7 Å². The molecule has 2 heterocycles. The number of carbonyl (C=O) groups excluding carboxylic acids is 1. The summed E-state index contributed by atoms with van der Waals surface area (Å²) in [6.07, 6.45) is 0.0961. The van der Waals surface area contributed by atoms with Gasteiger partial charge in [0.1, 0.15) is 6.04 Å². The lowest BCUT2D eigenvalue weighted by Gasteiger charge is -2.21. The highest BCUT2D eigenvalue weighted by Gasteiger charge is 2.40. The third-order valence-electron chi connectivity index (χ3n) is 4.11. The molecule has 1 fully saturated rings. The quantitative estimate of drug-likeness (QED) is 0.900. The van der Waals surface area contributed by atoms with Gasteiger partial charge in [-0.15, -0.1) is 0 Å². The number of amides is 1. The molecule has 0 aromatic heterocycles. The van der Waals surface area contributed by atoms with Crippen molar-refractivity contribution < 1.29 is 24.2 Å². The molecule has 2 aliphatic heterocycles. The van der Waals surface area contributed by atoms with Gasteiger partial charge in [0.2, 0.25) is 0 Å². The number of aliphatic carboxylic acids is 1.